The minimum Gasteiger partial charge on any atom is -0.351 e. The van der Waals surface area contributed by atoms with Gasteiger partial charge in [0.15, 0.2) is 0 Å². The Morgan fingerprint density at radius 3 is 2.45 bits per heavy atom. The van der Waals surface area contributed by atoms with Crippen molar-refractivity contribution in [1.29, 1.82) is 0 Å². The topological polar surface area (TPSA) is 98.2 Å². The lowest BCUT2D eigenvalue weighted by molar-refractivity contribution is -0.120. The molecule has 0 saturated heterocycles. The Balaban J connectivity index is 3.46. The van der Waals surface area contributed by atoms with Crippen LogP contribution in [0.2, 0.25) is 0 Å². The summed E-state index contributed by atoms with van der Waals surface area (Å²) in [6, 6.07) is -0.853. The van der Waals surface area contributed by atoms with Crippen LogP contribution in [-0.4, -0.2) is 18.0 Å². The highest BCUT2D eigenvalue weighted by molar-refractivity contribution is 5.93. The molecule has 0 heterocycles. The molecule has 0 aliphatic rings. The first kappa shape index (κ1) is 9.90. The normalized spacial score (nSPS) is 12.2. The van der Waals surface area contributed by atoms with E-state index in [1.54, 1.807) is 6.92 Å². The molecule has 3 amide bonds. The number of nitrogens with one attached hydrogen (secondary N) is 1. The van der Waals surface area contributed by atoms with Crippen LogP contribution >= 0.6 is 0 Å². The van der Waals surface area contributed by atoms with E-state index >= 15 is 0 Å². The summed E-state index contributed by atoms with van der Waals surface area (Å²) in [7, 11) is 0. The summed E-state index contributed by atoms with van der Waals surface area (Å²) in [5.74, 6) is -0.380. The van der Waals surface area contributed by atoms with Crippen LogP contribution in [0.15, 0.2) is 0 Å². The molecule has 64 valence electrons. The molecule has 0 rings (SSSR count). The number of nitrogens with two attached hydrogens (primary N) is 2. The highest BCUT2D eigenvalue weighted by Crippen LogP contribution is 1.91. The van der Waals surface area contributed by atoms with E-state index in [-0.39, 0.29) is 18.4 Å². The first-order valence-corrected chi connectivity index (χ1v) is 3.37. The largest absolute Gasteiger partial charge is 0.351 e. The average Bonchev–Trinajstić information content (AvgIpc) is 1.82. The van der Waals surface area contributed by atoms with Crippen molar-refractivity contribution in [3.63, 3.8) is 0 Å². The summed E-state index contributed by atoms with van der Waals surface area (Å²) >= 11 is 0. The van der Waals surface area contributed by atoms with E-state index in [0.717, 1.165) is 0 Å². The van der Waals surface area contributed by atoms with Gasteiger partial charge in [-0.2, -0.15) is 0 Å². The van der Waals surface area contributed by atoms with Gasteiger partial charge in [0.2, 0.25) is 5.91 Å². The van der Waals surface area contributed by atoms with E-state index in [1.807, 2.05) is 5.32 Å². The van der Waals surface area contributed by atoms with Gasteiger partial charge in [-0.1, -0.05) is 0 Å². The van der Waals surface area contributed by atoms with Gasteiger partial charge in [-0.25, -0.2) is 4.79 Å². The molecule has 5 N–H and O–H groups in total. The Hall–Kier alpha value is -1.10. The van der Waals surface area contributed by atoms with Crippen molar-refractivity contribution in [3.8, 4) is 0 Å². The summed E-state index contributed by atoms with van der Waals surface area (Å²) in [5.41, 5.74) is 10.1. The molecule has 1 unspecified atom stereocenters. The molecule has 0 aliphatic carbocycles. The van der Waals surface area contributed by atoms with Gasteiger partial charge in [-0.3, -0.25) is 10.1 Å². The van der Waals surface area contributed by atoms with Gasteiger partial charge >= 0.3 is 6.03 Å². The first-order chi connectivity index (χ1) is 5.02. The van der Waals surface area contributed by atoms with E-state index in [2.05, 4.69) is 0 Å². The smallest absolute Gasteiger partial charge is 0.318 e. The zero-order chi connectivity index (χ0) is 8.85. The molecule has 0 bridgehead atoms. The van der Waals surface area contributed by atoms with Gasteiger partial charge < -0.3 is 11.5 Å². The summed E-state index contributed by atoms with van der Waals surface area (Å²) < 4.78 is 0. The van der Waals surface area contributed by atoms with E-state index in [0.29, 0.717) is 6.42 Å². The molecule has 0 saturated carbocycles. The van der Waals surface area contributed by atoms with Gasteiger partial charge in [0.05, 0.1) is 0 Å². The van der Waals surface area contributed by atoms with Gasteiger partial charge in [0.25, 0.3) is 0 Å². The predicted octanol–water partition coefficient (Wildman–Crippen LogP) is -0.691. The van der Waals surface area contributed by atoms with E-state index in [4.69, 9.17) is 11.5 Å². The number of imide groups is 1. The van der Waals surface area contributed by atoms with Gasteiger partial charge in [0, 0.05) is 12.5 Å². The number of primary amides is 1. The summed E-state index contributed by atoms with van der Waals surface area (Å²) in [5, 5.41) is 1.94. The van der Waals surface area contributed by atoms with Gasteiger partial charge in [0.1, 0.15) is 0 Å². The van der Waals surface area contributed by atoms with Crippen molar-refractivity contribution in [2.24, 2.45) is 11.5 Å². The van der Waals surface area contributed by atoms with E-state index in [9.17, 15) is 9.59 Å². The Kier molecular flexibility index (Phi) is 4.21. The molecule has 0 aliphatic heterocycles. The zero-order valence-electron chi connectivity index (χ0n) is 6.46. The Morgan fingerprint density at radius 2 is 2.09 bits per heavy atom. The maximum Gasteiger partial charge on any atom is 0.318 e. The number of amides is 3. The second kappa shape index (κ2) is 4.68. The van der Waals surface area contributed by atoms with Crippen LogP contribution in [0, 0.1) is 0 Å². The predicted molar refractivity (Wildman–Crippen MR) is 40.6 cm³/mol. The average molecular weight is 159 g/mol. The number of urea groups is 1. The first-order valence-electron chi connectivity index (χ1n) is 3.37. The third-order valence-electron chi connectivity index (χ3n) is 1.09. The number of rotatable bonds is 3. The number of carbonyl (C=O) groups excluding carboxylic acids is 2. The molecule has 0 spiro atoms. The highest BCUT2D eigenvalue weighted by Gasteiger charge is 2.04. The lowest BCUT2D eigenvalue weighted by atomic mass is 10.2. The van der Waals surface area contributed by atoms with Crippen molar-refractivity contribution in [2.45, 2.75) is 25.8 Å². The molecule has 0 aromatic heterocycles. The Labute approximate surface area is 65.1 Å². The highest BCUT2D eigenvalue weighted by atomic mass is 16.2. The molecule has 0 fully saturated rings. The van der Waals surface area contributed by atoms with Crippen LogP contribution in [0.1, 0.15) is 19.8 Å². The molecule has 0 aromatic carbocycles. The Bertz CT molecular complexity index is 156. The van der Waals surface area contributed by atoms with Crippen molar-refractivity contribution in [3.05, 3.63) is 0 Å². The SMILES string of the molecule is CC(N)CCC(=O)NC(N)=O. The fourth-order valence-corrected chi connectivity index (χ4v) is 0.559. The lowest BCUT2D eigenvalue weighted by Gasteiger charge is -2.02. The quantitative estimate of drug-likeness (QED) is 0.508. The van der Waals surface area contributed by atoms with Crippen LogP contribution in [0.3, 0.4) is 0 Å². The van der Waals surface area contributed by atoms with Crippen molar-refractivity contribution in [2.75, 3.05) is 0 Å². The summed E-state index contributed by atoms with van der Waals surface area (Å²) in [6.45, 7) is 1.79. The molecular formula is C6H13N3O2. The minimum atomic E-state index is -0.820. The van der Waals surface area contributed by atoms with Crippen LogP contribution in [0.4, 0.5) is 4.79 Å². The molecule has 11 heavy (non-hydrogen) atoms. The van der Waals surface area contributed by atoms with Crippen molar-refractivity contribution in [1.82, 2.24) is 5.32 Å². The standard InChI is InChI=1S/C6H13N3O2/c1-4(7)2-3-5(10)9-6(8)11/h4H,2-3,7H2,1H3,(H3,8,9,10,11). The molecule has 1 atom stereocenters. The summed E-state index contributed by atoms with van der Waals surface area (Å²) in [4.78, 5) is 20.8. The molecular weight excluding hydrogens is 146 g/mol. The van der Waals surface area contributed by atoms with Crippen molar-refractivity contribution < 1.29 is 9.59 Å². The molecule has 0 aromatic rings. The maximum absolute atomic E-state index is 10.7. The van der Waals surface area contributed by atoms with Crippen LogP contribution in [0.25, 0.3) is 0 Å². The second-order valence-electron chi connectivity index (χ2n) is 2.43. The lowest BCUT2D eigenvalue weighted by Crippen LogP contribution is -2.35. The second-order valence-corrected chi connectivity index (χ2v) is 2.43. The number of hydrogen-bond acceptors (Lipinski definition) is 3. The Morgan fingerprint density at radius 1 is 1.55 bits per heavy atom. The number of carbonyl (C=O) groups is 2. The minimum absolute atomic E-state index is 0.0337. The zero-order valence-corrected chi connectivity index (χ0v) is 6.46. The van der Waals surface area contributed by atoms with E-state index in [1.165, 1.54) is 0 Å². The van der Waals surface area contributed by atoms with Crippen molar-refractivity contribution >= 4 is 11.9 Å². The monoisotopic (exact) mass is 159 g/mol. The summed E-state index contributed by atoms with van der Waals surface area (Å²) in [6.07, 6.45) is 0.791. The van der Waals surface area contributed by atoms with Gasteiger partial charge in [-0.15, -0.1) is 0 Å². The fraction of sp³-hybridized carbons (Fsp3) is 0.667. The maximum atomic E-state index is 10.7. The number of hydrogen-bond donors (Lipinski definition) is 3. The van der Waals surface area contributed by atoms with E-state index < -0.39 is 6.03 Å². The van der Waals surface area contributed by atoms with Crippen LogP contribution in [-0.2, 0) is 4.79 Å². The van der Waals surface area contributed by atoms with Crippen LogP contribution < -0.4 is 16.8 Å². The third kappa shape index (κ3) is 6.79. The van der Waals surface area contributed by atoms with Gasteiger partial charge in [-0.05, 0) is 13.3 Å². The third-order valence-corrected chi connectivity index (χ3v) is 1.09. The molecule has 0 radical (unpaired) electrons. The fourth-order valence-electron chi connectivity index (χ4n) is 0.559. The molecule has 5 heteroatoms. The van der Waals surface area contributed by atoms with Crippen LogP contribution in [0.5, 0.6) is 0 Å². The molecule has 5 nitrogen and oxygen atoms in total.